The molecule has 2 aromatic carbocycles. The topological polar surface area (TPSA) is 71.1 Å². The Labute approximate surface area is 188 Å². The molecule has 168 valence electrons. The highest BCUT2D eigenvalue weighted by atomic mass is 16.5. The van der Waals surface area contributed by atoms with E-state index in [2.05, 4.69) is 10.2 Å². The second kappa shape index (κ2) is 9.54. The Hall–Kier alpha value is -3.16. The number of benzene rings is 2. The van der Waals surface area contributed by atoms with Gasteiger partial charge in [-0.1, -0.05) is 29.8 Å². The number of amides is 2. The first kappa shape index (κ1) is 22.0. The van der Waals surface area contributed by atoms with Gasteiger partial charge in [0.15, 0.2) is 0 Å². The van der Waals surface area contributed by atoms with Gasteiger partial charge in [0.05, 0.1) is 25.9 Å². The number of carbonyl (C=O) groups is 2. The molecule has 0 bridgehead atoms. The molecule has 0 aromatic heterocycles. The molecule has 0 atom stereocenters. The second-order valence-corrected chi connectivity index (χ2v) is 8.14. The number of hydrogen-bond donors (Lipinski definition) is 1. The average molecular weight is 436 g/mol. The van der Waals surface area contributed by atoms with Crippen LogP contribution in [0.4, 0.5) is 5.69 Å². The van der Waals surface area contributed by atoms with Crippen molar-refractivity contribution in [2.75, 3.05) is 51.8 Å². The van der Waals surface area contributed by atoms with E-state index in [4.69, 9.17) is 9.47 Å². The van der Waals surface area contributed by atoms with Gasteiger partial charge in [-0.05, 0) is 43.2 Å². The predicted octanol–water partition coefficient (Wildman–Crippen LogP) is 2.84. The Morgan fingerprint density at radius 2 is 1.69 bits per heavy atom. The van der Waals surface area contributed by atoms with Gasteiger partial charge in [0.25, 0.3) is 11.8 Å². The summed E-state index contributed by atoms with van der Waals surface area (Å²) in [6.07, 6.45) is 0. The Morgan fingerprint density at radius 1 is 0.969 bits per heavy atom. The summed E-state index contributed by atoms with van der Waals surface area (Å²) in [6, 6.07) is 13.2. The molecule has 0 unspecified atom stereocenters. The lowest BCUT2D eigenvalue weighted by molar-refractivity contribution is -0.137. The minimum Gasteiger partial charge on any atom is -0.497 e. The molecule has 1 fully saturated rings. The summed E-state index contributed by atoms with van der Waals surface area (Å²) in [5.41, 5.74) is 4.35. The molecular formula is C25H29N3O4. The summed E-state index contributed by atoms with van der Waals surface area (Å²) in [5, 5.41) is 3.26. The van der Waals surface area contributed by atoms with Gasteiger partial charge in [0.1, 0.15) is 11.4 Å². The number of anilines is 1. The maximum atomic E-state index is 13.4. The largest absolute Gasteiger partial charge is 0.497 e. The zero-order valence-electron chi connectivity index (χ0n) is 18.8. The minimum absolute atomic E-state index is 0.277. The summed E-state index contributed by atoms with van der Waals surface area (Å²) in [5.74, 6) is 0.119. The first-order valence-electron chi connectivity index (χ1n) is 10.9. The number of imide groups is 1. The third-order valence-corrected chi connectivity index (χ3v) is 5.93. The van der Waals surface area contributed by atoms with Crippen molar-refractivity contribution in [3.8, 4) is 5.75 Å². The highest BCUT2D eigenvalue weighted by Gasteiger charge is 2.39. The highest BCUT2D eigenvalue weighted by molar-refractivity contribution is 6.36. The molecule has 0 radical (unpaired) electrons. The van der Waals surface area contributed by atoms with Gasteiger partial charge in [-0.2, -0.15) is 0 Å². The van der Waals surface area contributed by atoms with E-state index in [1.54, 1.807) is 19.2 Å². The third kappa shape index (κ3) is 4.54. The van der Waals surface area contributed by atoms with Crippen LogP contribution in [-0.4, -0.2) is 68.1 Å². The molecule has 1 N–H and O–H groups in total. The van der Waals surface area contributed by atoms with Crippen molar-refractivity contribution in [1.82, 2.24) is 9.80 Å². The van der Waals surface area contributed by atoms with Gasteiger partial charge in [-0.15, -0.1) is 0 Å². The molecule has 0 saturated carbocycles. The molecule has 4 rings (SSSR count). The molecule has 2 aromatic rings. The fourth-order valence-electron chi connectivity index (χ4n) is 4.08. The van der Waals surface area contributed by atoms with E-state index in [1.165, 1.54) is 4.90 Å². The second-order valence-electron chi connectivity index (χ2n) is 8.14. The number of carbonyl (C=O) groups excluding carboxylic acids is 2. The van der Waals surface area contributed by atoms with Crippen LogP contribution in [0.1, 0.15) is 16.7 Å². The minimum atomic E-state index is -0.297. The first-order valence-corrected chi connectivity index (χ1v) is 10.9. The molecule has 2 aliphatic rings. The number of ether oxygens (including phenoxy) is 2. The summed E-state index contributed by atoms with van der Waals surface area (Å²) < 4.78 is 10.6. The number of nitrogens with one attached hydrogen (secondary N) is 1. The summed E-state index contributed by atoms with van der Waals surface area (Å²) in [6.45, 7) is 7.96. The van der Waals surface area contributed by atoms with Crippen LogP contribution in [-0.2, 0) is 14.3 Å². The number of morpholine rings is 1. The lowest BCUT2D eigenvalue weighted by atomic mass is 10.0. The Kier molecular flexibility index (Phi) is 6.58. The molecule has 7 nitrogen and oxygen atoms in total. The van der Waals surface area contributed by atoms with E-state index in [0.29, 0.717) is 48.9 Å². The molecular weight excluding hydrogens is 406 g/mol. The quantitative estimate of drug-likeness (QED) is 0.675. The number of nitrogens with zero attached hydrogens (tertiary/aromatic N) is 2. The van der Waals surface area contributed by atoms with Gasteiger partial charge in [-0.25, -0.2) is 0 Å². The molecule has 2 heterocycles. The Balaban J connectivity index is 1.64. The molecule has 7 heteroatoms. The van der Waals surface area contributed by atoms with Crippen molar-refractivity contribution >= 4 is 23.1 Å². The van der Waals surface area contributed by atoms with Crippen molar-refractivity contribution in [1.29, 1.82) is 0 Å². The van der Waals surface area contributed by atoms with Crippen LogP contribution < -0.4 is 10.1 Å². The normalized spacial score (nSPS) is 17.3. The van der Waals surface area contributed by atoms with Crippen LogP contribution in [0.5, 0.6) is 5.75 Å². The average Bonchev–Trinajstić information content (AvgIpc) is 3.04. The summed E-state index contributed by atoms with van der Waals surface area (Å²) in [7, 11) is 1.60. The van der Waals surface area contributed by atoms with Gasteiger partial charge in [-0.3, -0.25) is 19.4 Å². The van der Waals surface area contributed by atoms with Gasteiger partial charge in [0, 0.05) is 31.9 Å². The molecule has 1 saturated heterocycles. The predicted molar refractivity (Wildman–Crippen MR) is 123 cm³/mol. The van der Waals surface area contributed by atoms with Crippen molar-refractivity contribution in [3.05, 3.63) is 64.9 Å². The van der Waals surface area contributed by atoms with Gasteiger partial charge in [0.2, 0.25) is 0 Å². The summed E-state index contributed by atoms with van der Waals surface area (Å²) in [4.78, 5) is 30.4. The molecule has 0 aliphatic carbocycles. The van der Waals surface area contributed by atoms with Gasteiger partial charge >= 0.3 is 0 Å². The van der Waals surface area contributed by atoms with E-state index >= 15 is 0 Å². The standard InChI is InChI=1S/C25H29N3O4/c1-17-4-9-21(18(2)16-17)26-23-22(19-5-7-20(31-3)8-6-19)24(29)28(25(23)30)11-10-27-12-14-32-15-13-27/h4-9,16,26H,10-15H2,1-3H3. The van der Waals surface area contributed by atoms with Crippen LogP contribution in [0.25, 0.3) is 5.57 Å². The van der Waals surface area contributed by atoms with Crippen LogP contribution in [0.2, 0.25) is 0 Å². The van der Waals surface area contributed by atoms with Gasteiger partial charge < -0.3 is 14.8 Å². The lowest BCUT2D eigenvalue weighted by Crippen LogP contribution is -2.43. The van der Waals surface area contributed by atoms with Crippen LogP contribution in [0, 0.1) is 13.8 Å². The smallest absolute Gasteiger partial charge is 0.278 e. The number of rotatable bonds is 7. The monoisotopic (exact) mass is 435 g/mol. The van der Waals surface area contributed by atoms with E-state index in [1.807, 2.05) is 44.2 Å². The number of aryl methyl sites for hydroxylation is 2. The number of methoxy groups -OCH3 is 1. The third-order valence-electron chi connectivity index (χ3n) is 5.93. The fourth-order valence-corrected chi connectivity index (χ4v) is 4.08. The van der Waals surface area contributed by atoms with Crippen molar-refractivity contribution < 1.29 is 19.1 Å². The maximum Gasteiger partial charge on any atom is 0.278 e. The fraction of sp³-hybridized carbons (Fsp3) is 0.360. The SMILES string of the molecule is COc1ccc(C2=C(Nc3ccc(C)cc3C)C(=O)N(CCN3CCOCC3)C2=O)cc1. The zero-order valence-corrected chi connectivity index (χ0v) is 18.8. The van der Waals surface area contributed by atoms with Crippen molar-refractivity contribution in [3.63, 3.8) is 0 Å². The van der Waals surface area contributed by atoms with Crippen LogP contribution in [0.15, 0.2) is 48.2 Å². The van der Waals surface area contributed by atoms with E-state index < -0.39 is 0 Å². The number of hydrogen-bond acceptors (Lipinski definition) is 6. The molecule has 0 spiro atoms. The first-order chi connectivity index (χ1) is 15.5. The highest BCUT2D eigenvalue weighted by Crippen LogP contribution is 2.32. The molecule has 2 amide bonds. The van der Waals surface area contributed by atoms with Crippen LogP contribution >= 0.6 is 0 Å². The van der Waals surface area contributed by atoms with Crippen molar-refractivity contribution in [2.45, 2.75) is 13.8 Å². The Morgan fingerprint density at radius 3 is 2.34 bits per heavy atom. The lowest BCUT2D eigenvalue weighted by Gasteiger charge is -2.28. The van der Waals surface area contributed by atoms with Crippen LogP contribution in [0.3, 0.4) is 0 Å². The maximum absolute atomic E-state index is 13.4. The van der Waals surface area contributed by atoms with E-state index in [-0.39, 0.29) is 11.8 Å². The van der Waals surface area contributed by atoms with E-state index in [0.717, 1.165) is 29.9 Å². The zero-order chi connectivity index (χ0) is 22.7. The van der Waals surface area contributed by atoms with E-state index in [9.17, 15) is 9.59 Å². The summed E-state index contributed by atoms with van der Waals surface area (Å²) >= 11 is 0. The van der Waals surface area contributed by atoms with Crippen molar-refractivity contribution in [2.24, 2.45) is 0 Å². The Bertz CT molecular complexity index is 1040. The molecule has 2 aliphatic heterocycles. The molecule has 32 heavy (non-hydrogen) atoms.